The molecule has 0 radical (unpaired) electrons. The largest absolute Gasteiger partial charge is 0.463 e. The van der Waals surface area contributed by atoms with Crippen LogP contribution in [0, 0.1) is 0 Å². The Morgan fingerprint density at radius 3 is 1.15 bits per heavy atom. The molecule has 6 nitrogen and oxygen atoms in total. The van der Waals surface area contributed by atoms with E-state index in [0.717, 1.165) is 19.4 Å². The molecule has 0 aliphatic heterocycles. The zero-order chi connectivity index (χ0) is 37.7. The van der Waals surface area contributed by atoms with Gasteiger partial charge < -0.3 is 23.7 Å². The van der Waals surface area contributed by atoms with Gasteiger partial charge in [0, 0.05) is 33.4 Å². The number of hydrogen-bond donors (Lipinski definition) is 0. The van der Waals surface area contributed by atoms with Crippen LogP contribution in [0.2, 0.25) is 0 Å². The first-order valence-corrected chi connectivity index (χ1v) is 23.2. The molecule has 0 rings (SSSR count). The molecule has 0 aromatic carbocycles. The van der Waals surface area contributed by atoms with Gasteiger partial charge in [0.1, 0.15) is 12.7 Å². The summed E-state index contributed by atoms with van der Waals surface area (Å²) >= 11 is 0. The molecule has 312 valence electrons. The monoisotopic (exact) mass is 741 g/mol. The minimum atomic E-state index is -0.195. The van der Waals surface area contributed by atoms with Gasteiger partial charge in [0.05, 0.1) is 19.8 Å². The zero-order valence-electron chi connectivity index (χ0n) is 35.5. The second-order valence-corrected chi connectivity index (χ2v) is 15.6. The van der Waals surface area contributed by atoms with E-state index in [1.807, 2.05) is 0 Å². The maximum Gasteiger partial charge on any atom is 0.305 e. The Kier molecular flexibility index (Phi) is 45.8. The summed E-state index contributed by atoms with van der Waals surface area (Å²) in [5.74, 6) is -0.191. The van der Waals surface area contributed by atoms with Gasteiger partial charge in [0.25, 0.3) is 0 Å². The first-order chi connectivity index (χ1) is 25.7. The molecule has 0 saturated carbocycles. The van der Waals surface area contributed by atoms with Crippen LogP contribution in [-0.2, 0) is 28.5 Å². The number of hydrogen-bond acceptors (Lipinski definition) is 6. The van der Waals surface area contributed by atoms with Gasteiger partial charge in [-0.15, -0.1) is 0 Å². The standard InChI is InChI=1S/C46H92O6/c1-4-6-8-10-12-14-16-18-20-22-24-26-28-30-32-34-38-50-43-45(44-52-46(47)37-36-39-49-42-41-48-3)51-40-35-33-31-29-27-25-23-21-19-17-15-13-11-9-7-5-2/h45H,4-44H2,1-3H3. The van der Waals surface area contributed by atoms with Gasteiger partial charge in [-0.2, -0.15) is 0 Å². The van der Waals surface area contributed by atoms with Crippen molar-refractivity contribution in [3.63, 3.8) is 0 Å². The first-order valence-electron chi connectivity index (χ1n) is 23.2. The lowest BCUT2D eigenvalue weighted by molar-refractivity contribution is -0.150. The summed E-state index contributed by atoms with van der Waals surface area (Å²) in [4.78, 5) is 12.3. The number of rotatable bonds is 46. The van der Waals surface area contributed by atoms with Crippen LogP contribution in [0.5, 0.6) is 0 Å². The van der Waals surface area contributed by atoms with Crippen molar-refractivity contribution in [1.29, 1.82) is 0 Å². The zero-order valence-corrected chi connectivity index (χ0v) is 35.5. The van der Waals surface area contributed by atoms with Gasteiger partial charge in [-0.3, -0.25) is 4.79 Å². The molecule has 0 aromatic heterocycles. The lowest BCUT2D eigenvalue weighted by Crippen LogP contribution is -2.28. The first kappa shape index (κ1) is 51.3. The summed E-state index contributed by atoms with van der Waals surface area (Å²) in [6.45, 7) is 8.46. The van der Waals surface area contributed by atoms with Crippen LogP contribution >= 0.6 is 0 Å². The van der Waals surface area contributed by atoms with Crippen molar-refractivity contribution in [1.82, 2.24) is 0 Å². The van der Waals surface area contributed by atoms with Gasteiger partial charge >= 0.3 is 5.97 Å². The highest BCUT2D eigenvalue weighted by Gasteiger charge is 2.13. The molecule has 0 amide bonds. The second kappa shape index (κ2) is 46.5. The maximum atomic E-state index is 12.3. The Labute approximate surface area is 325 Å². The molecule has 1 unspecified atom stereocenters. The number of unbranched alkanes of at least 4 members (excludes halogenated alkanes) is 30. The predicted octanol–water partition coefficient (Wildman–Crippen LogP) is 13.9. The molecule has 0 bridgehead atoms. The number of carbonyl (C=O) groups excluding carboxylic acids is 1. The average Bonchev–Trinajstić information content (AvgIpc) is 3.15. The highest BCUT2D eigenvalue weighted by atomic mass is 16.6. The van der Waals surface area contributed by atoms with Gasteiger partial charge in [-0.05, 0) is 19.3 Å². The van der Waals surface area contributed by atoms with Crippen molar-refractivity contribution in [2.75, 3.05) is 53.4 Å². The highest BCUT2D eigenvalue weighted by Crippen LogP contribution is 2.15. The molecule has 6 heteroatoms. The fourth-order valence-electron chi connectivity index (χ4n) is 6.83. The fourth-order valence-corrected chi connectivity index (χ4v) is 6.83. The van der Waals surface area contributed by atoms with E-state index in [1.165, 1.54) is 193 Å². The molecule has 1 atom stereocenters. The third-order valence-corrected chi connectivity index (χ3v) is 10.3. The lowest BCUT2D eigenvalue weighted by atomic mass is 10.0. The van der Waals surface area contributed by atoms with E-state index in [1.54, 1.807) is 7.11 Å². The smallest absolute Gasteiger partial charge is 0.305 e. The van der Waals surface area contributed by atoms with Crippen molar-refractivity contribution >= 4 is 5.97 Å². The summed E-state index contributed by atoms with van der Waals surface area (Å²) in [5.41, 5.74) is 0. The fraction of sp³-hybridized carbons (Fsp3) is 0.978. The highest BCUT2D eigenvalue weighted by molar-refractivity contribution is 5.69. The van der Waals surface area contributed by atoms with Gasteiger partial charge in [0.15, 0.2) is 0 Å². The van der Waals surface area contributed by atoms with Crippen LogP contribution in [0.3, 0.4) is 0 Å². The number of methoxy groups -OCH3 is 1. The molecule has 0 aliphatic carbocycles. The van der Waals surface area contributed by atoms with E-state index >= 15 is 0 Å². The van der Waals surface area contributed by atoms with Gasteiger partial charge in [0.2, 0.25) is 0 Å². The van der Waals surface area contributed by atoms with Gasteiger partial charge in [-0.25, -0.2) is 0 Å². The quantitative estimate of drug-likeness (QED) is 0.0457. The van der Waals surface area contributed by atoms with Crippen LogP contribution in [0.4, 0.5) is 0 Å². The van der Waals surface area contributed by atoms with Crippen molar-refractivity contribution < 1.29 is 28.5 Å². The van der Waals surface area contributed by atoms with E-state index in [-0.39, 0.29) is 18.7 Å². The average molecular weight is 741 g/mol. The molecule has 0 N–H and O–H groups in total. The van der Waals surface area contributed by atoms with E-state index in [2.05, 4.69) is 13.8 Å². The Morgan fingerprint density at radius 2 is 0.750 bits per heavy atom. The van der Waals surface area contributed by atoms with Crippen LogP contribution in [0.1, 0.15) is 232 Å². The maximum absolute atomic E-state index is 12.3. The van der Waals surface area contributed by atoms with Gasteiger partial charge in [-0.1, -0.05) is 206 Å². The summed E-state index contributed by atoms with van der Waals surface area (Å²) in [6, 6.07) is 0. The second-order valence-electron chi connectivity index (χ2n) is 15.6. The van der Waals surface area contributed by atoms with E-state index in [0.29, 0.717) is 45.9 Å². The lowest BCUT2D eigenvalue weighted by Gasteiger charge is -2.18. The normalized spacial score (nSPS) is 12.1. The van der Waals surface area contributed by atoms with Crippen molar-refractivity contribution in [2.24, 2.45) is 0 Å². The SMILES string of the molecule is CCCCCCCCCCCCCCCCCCOCC(COC(=O)CCCOCCOC)OCCCCCCCCCCCCCCCCCC. The predicted molar refractivity (Wildman–Crippen MR) is 223 cm³/mol. The summed E-state index contributed by atoms with van der Waals surface area (Å²) in [7, 11) is 1.66. The minimum absolute atomic E-state index is 0.191. The Balaban J connectivity index is 3.93. The van der Waals surface area contributed by atoms with Crippen LogP contribution in [-0.4, -0.2) is 65.4 Å². The molecular weight excluding hydrogens is 648 g/mol. The Bertz CT molecular complexity index is 659. The number of ether oxygens (including phenoxy) is 5. The number of esters is 1. The third kappa shape index (κ3) is 43.7. The molecule has 0 spiro atoms. The van der Waals surface area contributed by atoms with E-state index in [9.17, 15) is 4.79 Å². The van der Waals surface area contributed by atoms with Crippen molar-refractivity contribution in [2.45, 2.75) is 238 Å². The molecule has 0 aliphatic rings. The Hall–Kier alpha value is -0.690. The molecule has 0 fully saturated rings. The van der Waals surface area contributed by atoms with E-state index in [4.69, 9.17) is 23.7 Å². The topological polar surface area (TPSA) is 63.2 Å². The number of carbonyl (C=O) groups is 1. The molecule has 0 saturated heterocycles. The minimum Gasteiger partial charge on any atom is -0.463 e. The van der Waals surface area contributed by atoms with Crippen LogP contribution < -0.4 is 0 Å². The molecule has 0 aromatic rings. The molecule has 0 heterocycles. The van der Waals surface area contributed by atoms with Crippen molar-refractivity contribution in [3.8, 4) is 0 Å². The van der Waals surface area contributed by atoms with E-state index < -0.39 is 0 Å². The third-order valence-electron chi connectivity index (χ3n) is 10.3. The summed E-state index contributed by atoms with van der Waals surface area (Å²) in [5, 5.41) is 0. The summed E-state index contributed by atoms with van der Waals surface area (Å²) < 4.78 is 28.2. The van der Waals surface area contributed by atoms with Crippen LogP contribution in [0.15, 0.2) is 0 Å². The van der Waals surface area contributed by atoms with Crippen LogP contribution in [0.25, 0.3) is 0 Å². The van der Waals surface area contributed by atoms with Crippen molar-refractivity contribution in [3.05, 3.63) is 0 Å². The molecular formula is C46H92O6. The Morgan fingerprint density at radius 1 is 0.385 bits per heavy atom. The summed E-state index contributed by atoms with van der Waals surface area (Å²) in [6.07, 6.45) is 44.5. The molecule has 52 heavy (non-hydrogen) atoms.